The van der Waals surface area contributed by atoms with Crippen molar-refractivity contribution in [2.24, 2.45) is 0 Å². The third kappa shape index (κ3) is 2.70. The quantitative estimate of drug-likeness (QED) is 0.830. The number of carbonyl (C=O) groups is 1. The molecule has 3 heterocycles. The summed E-state index contributed by atoms with van der Waals surface area (Å²) >= 11 is 1.86. The molecule has 1 unspecified atom stereocenters. The molecule has 19 heavy (non-hydrogen) atoms. The van der Waals surface area contributed by atoms with Crippen molar-refractivity contribution in [2.75, 3.05) is 26.2 Å². The lowest BCUT2D eigenvalue weighted by atomic mass is 10.0. The average Bonchev–Trinajstić information content (AvgIpc) is 2.92. The summed E-state index contributed by atoms with van der Waals surface area (Å²) in [5.41, 5.74) is 1.43. The molecule has 0 spiro atoms. The SMILES string of the molecule is CC1c2ccsc2CCN1CC(=O)N1CCCCC1. The lowest BCUT2D eigenvalue weighted by Gasteiger charge is -2.35. The van der Waals surface area contributed by atoms with E-state index in [4.69, 9.17) is 0 Å². The highest BCUT2D eigenvalue weighted by molar-refractivity contribution is 7.10. The van der Waals surface area contributed by atoms with Crippen LogP contribution in [0.5, 0.6) is 0 Å². The molecule has 2 aliphatic rings. The molecule has 1 aromatic rings. The predicted octanol–water partition coefficient (Wildman–Crippen LogP) is 2.68. The maximum Gasteiger partial charge on any atom is 0.236 e. The van der Waals surface area contributed by atoms with Gasteiger partial charge in [-0.05, 0) is 49.6 Å². The largest absolute Gasteiger partial charge is 0.342 e. The van der Waals surface area contributed by atoms with Gasteiger partial charge in [-0.15, -0.1) is 11.3 Å². The molecule has 4 heteroatoms. The van der Waals surface area contributed by atoms with Crippen molar-refractivity contribution in [1.82, 2.24) is 9.80 Å². The van der Waals surface area contributed by atoms with Crippen molar-refractivity contribution in [2.45, 2.75) is 38.6 Å². The van der Waals surface area contributed by atoms with Gasteiger partial charge in [0.2, 0.25) is 5.91 Å². The molecule has 0 N–H and O–H groups in total. The van der Waals surface area contributed by atoms with E-state index in [1.165, 1.54) is 29.7 Å². The maximum absolute atomic E-state index is 12.3. The monoisotopic (exact) mass is 278 g/mol. The van der Waals surface area contributed by atoms with E-state index in [2.05, 4.69) is 28.2 Å². The maximum atomic E-state index is 12.3. The van der Waals surface area contributed by atoms with Gasteiger partial charge < -0.3 is 4.90 Å². The Morgan fingerprint density at radius 3 is 2.89 bits per heavy atom. The molecule has 0 saturated carbocycles. The van der Waals surface area contributed by atoms with E-state index in [0.29, 0.717) is 18.5 Å². The van der Waals surface area contributed by atoms with Gasteiger partial charge >= 0.3 is 0 Å². The van der Waals surface area contributed by atoms with Crippen LogP contribution in [0, 0.1) is 0 Å². The molecule has 1 aromatic heterocycles. The fourth-order valence-electron chi connectivity index (χ4n) is 3.19. The summed E-state index contributed by atoms with van der Waals surface area (Å²) in [7, 11) is 0. The first-order valence-electron chi connectivity index (χ1n) is 7.34. The molecular formula is C15H22N2OS. The van der Waals surface area contributed by atoms with E-state index in [0.717, 1.165) is 26.1 Å². The highest BCUT2D eigenvalue weighted by Crippen LogP contribution is 2.32. The normalized spacial score (nSPS) is 24.3. The van der Waals surface area contributed by atoms with E-state index < -0.39 is 0 Å². The van der Waals surface area contributed by atoms with E-state index >= 15 is 0 Å². The molecule has 0 radical (unpaired) electrons. The summed E-state index contributed by atoms with van der Waals surface area (Å²) < 4.78 is 0. The molecule has 0 bridgehead atoms. The predicted molar refractivity (Wildman–Crippen MR) is 78.4 cm³/mol. The van der Waals surface area contributed by atoms with Gasteiger partial charge in [0, 0.05) is 30.6 Å². The van der Waals surface area contributed by atoms with Crippen LogP contribution in [0.3, 0.4) is 0 Å². The number of amides is 1. The van der Waals surface area contributed by atoms with Gasteiger partial charge in [-0.25, -0.2) is 0 Å². The van der Waals surface area contributed by atoms with Crippen LogP contribution in [0.4, 0.5) is 0 Å². The summed E-state index contributed by atoms with van der Waals surface area (Å²) in [5, 5.41) is 2.18. The molecule has 1 fully saturated rings. The number of likely N-dealkylation sites (tertiary alicyclic amines) is 1. The summed E-state index contributed by atoms with van der Waals surface area (Å²) in [6, 6.07) is 2.62. The molecular weight excluding hydrogens is 256 g/mol. The van der Waals surface area contributed by atoms with E-state index in [1.54, 1.807) is 0 Å². The smallest absolute Gasteiger partial charge is 0.236 e. The number of piperidine rings is 1. The highest BCUT2D eigenvalue weighted by Gasteiger charge is 2.27. The number of hydrogen-bond acceptors (Lipinski definition) is 3. The Balaban J connectivity index is 1.62. The van der Waals surface area contributed by atoms with Crippen LogP contribution in [-0.2, 0) is 11.2 Å². The number of carbonyl (C=O) groups excluding carboxylic acids is 1. The zero-order valence-corrected chi connectivity index (χ0v) is 12.4. The lowest BCUT2D eigenvalue weighted by molar-refractivity contribution is -0.134. The van der Waals surface area contributed by atoms with E-state index in [1.807, 2.05) is 11.3 Å². The first-order valence-corrected chi connectivity index (χ1v) is 8.22. The van der Waals surface area contributed by atoms with Crippen LogP contribution in [0.2, 0.25) is 0 Å². The minimum Gasteiger partial charge on any atom is -0.342 e. The van der Waals surface area contributed by atoms with Crippen LogP contribution in [0.25, 0.3) is 0 Å². The van der Waals surface area contributed by atoms with Crippen molar-refractivity contribution < 1.29 is 4.79 Å². The Bertz CT molecular complexity index is 451. The summed E-state index contributed by atoms with van der Waals surface area (Å²) in [6.07, 6.45) is 4.73. The van der Waals surface area contributed by atoms with Gasteiger partial charge in [-0.3, -0.25) is 9.69 Å². The molecule has 3 nitrogen and oxygen atoms in total. The molecule has 3 rings (SSSR count). The van der Waals surface area contributed by atoms with Gasteiger partial charge in [-0.1, -0.05) is 0 Å². The summed E-state index contributed by atoms with van der Waals surface area (Å²) in [6.45, 7) is 5.77. The number of fused-ring (bicyclic) bond motifs is 1. The second-order valence-corrected chi connectivity index (χ2v) is 6.64. The summed E-state index contributed by atoms with van der Waals surface area (Å²) in [4.78, 5) is 18.3. The lowest BCUT2D eigenvalue weighted by Crippen LogP contribution is -2.45. The fourth-order valence-corrected chi connectivity index (χ4v) is 4.16. The molecule has 2 aliphatic heterocycles. The Labute approximate surface area is 119 Å². The van der Waals surface area contributed by atoms with Crippen LogP contribution in [-0.4, -0.2) is 41.9 Å². The minimum absolute atomic E-state index is 0.324. The Morgan fingerprint density at radius 1 is 1.32 bits per heavy atom. The molecule has 0 aliphatic carbocycles. The summed E-state index contributed by atoms with van der Waals surface area (Å²) in [5.74, 6) is 0.324. The van der Waals surface area contributed by atoms with Crippen molar-refractivity contribution >= 4 is 17.2 Å². The van der Waals surface area contributed by atoms with Gasteiger partial charge in [0.1, 0.15) is 0 Å². The van der Waals surface area contributed by atoms with E-state index in [-0.39, 0.29) is 0 Å². The standard InChI is InChI=1S/C15H22N2OS/c1-12-13-6-10-19-14(13)5-9-17(12)11-15(18)16-7-3-2-4-8-16/h6,10,12H,2-5,7-9,11H2,1H3. The van der Waals surface area contributed by atoms with Crippen molar-refractivity contribution in [3.05, 3.63) is 21.9 Å². The van der Waals surface area contributed by atoms with Gasteiger partial charge in [0.15, 0.2) is 0 Å². The molecule has 1 saturated heterocycles. The minimum atomic E-state index is 0.324. The number of thiophene rings is 1. The number of rotatable bonds is 2. The van der Waals surface area contributed by atoms with Crippen LogP contribution >= 0.6 is 11.3 Å². The zero-order chi connectivity index (χ0) is 13.2. The molecule has 1 amide bonds. The highest BCUT2D eigenvalue weighted by atomic mass is 32.1. The van der Waals surface area contributed by atoms with Gasteiger partial charge in [-0.2, -0.15) is 0 Å². The fraction of sp³-hybridized carbons (Fsp3) is 0.667. The topological polar surface area (TPSA) is 23.6 Å². The first-order chi connectivity index (χ1) is 9.25. The van der Waals surface area contributed by atoms with Crippen LogP contribution in [0.15, 0.2) is 11.4 Å². The second-order valence-electron chi connectivity index (χ2n) is 5.64. The zero-order valence-electron chi connectivity index (χ0n) is 11.6. The molecule has 0 aromatic carbocycles. The van der Waals surface area contributed by atoms with Crippen molar-refractivity contribution in [3.63, 3.8) is 0 Å². The Kier molecular flexibility index (Phi) is 3.89. The third-order valence-electron chi connectivity index (χ3n) is 4.45. The average molecular weight is 278 g/mol. The van der Waals surface area contributed by atoms with Crippen molar-refractivity contribution in [3.8, 4) is 0 Å². The molecule has 104 valence electrons. The third-order valence-corrected chi connectivity index (χ3v) is 5.45. The van der Waals surface area contributed by atoms with Crippen molar-refractivity contribution in [1.29, 1.82) is 0 Å². The van der Waals surface area contributed by atoms with Crippen LogP contribution < -0.4 is 0 Å². The number of hydrogen-bond donors (Lipinski definition) is 0. The Hall–Kier alpha value is -0.870. The van der Waals surface area contributed by atoms with Gasteiger partial charge in [0.05, 0.1) is 6.54 Å². The second kappa shape index (κ2) is 5.63. The first kappa shape index (κ1) is 13.1. The Morgan fingerprint density at radius 2 is 2.11 bits per heavy atom. The van der Waals surface area contributed by atoms with Crippen LogP contribution in [0.1, 0.15) is 42.7 Å². The number of nitrogens with zero attached hydrogens (tertiary/aromatic N) is 2. The van der Waals surface area contributed by atoms with E-state index in [9.17, 15) is 4.79 Å². The van der Waals surface area contributed by atoms with Gasteiger partial charge in [0.25, 0.3) is 0 Å². The molecule has 1 atom stereocenters.